The van der Waals surface area contributed by atoms with E-state index in [1.54, 1.807) is 17.8 Å². The van der Waals surface area contributed by atoms with Gasteiger partial charge in [-0.25, -0.2) is 4.98 Å². The van der Waals surface area contributed by atoms with Crippen molar-refractivity contribution in [2.75, 3.05) is 57.3 Å². The van der Waals surface area contributed by atoms with Crippen LogP contribution < -0.4 is 10.5 Å². The maximum absolute atomic E-state index is 12.6. The van der Waals surface area contributed by atoms with E-state index in [2.05, 4.69) is 14.8 Å². The Labute approximate surface area is 177 Å². The summed E-state index contributed by atoms with van der Waals surface area (Å²) in [6.45, 7) is 12.2. The van der Waals surface area contributed by atoms with E-state index < -0.39 is 0 Å². The number of aromatic nitrogens is 2. The Kier molecular flexibility index (Phi) is 6.06. The lowest BCUT2D eigenvalue weighted by Gasteiger charge is -2.39. The molecule has 1 amide bonds. The lowest BCUT2D eigenvalue weighted by Crippen LogP contribution is -2.53. The summed E-state index contributed by atoms with van der Waals surface area (Å²) in [5.41, 5.74) is 1.86. The number of carbonyl (C=O) groups is 1. The van der Waals surface area contributed by atoms with E-state index in [1.807, 2.05) is 36.9 Å². The molecule has 0 saturated carbocycles. The van der Waals surface area contributed by atoms with Crippen LogP contribution in [0.25, 0.3) is 10.9 Å². The molecule has 0 aliphatic carbocycles. The smallest absolute Gasteiger partial charge is 0.261 e. The quantitative estimate of drug-likeness (QED) is 0.754. The zero-order chi connectivity index (χ0) is 21.3. The molecule has 1 unspecified atom stereocenters. The molecule has 0 radical (unpaired) electrons. The Morgan fingerprint density at radius 1 is 1.20 bits per heavy atom. The van der Waals surface area contributed by atoms with Crippen LogP contribution in [0.5, 0.6) is 0 Å². The minimum atomic E-state index is 0.0125. The molecule has 3 heterocycles. The fourth-order valence-electron chi connectivity index (χ4n) is 4.28. The van der Waals surface area contributed by atoms with Crippen molar-refractivity contribution in [2.45, 2.75) is 32.9 Å². The van der Waals surface area contributed by atoms with E-state index in [0.717, 1.165) is 43.9 Å². The van der Waals surface area contributed by atoms with Crippen LogP contribution >= 0.6 is 0 Å². The monoisotopic (exact) mass is 413 g/mol. The van der Waals surface area contributed by atoms with Gasteiger partial charge < -0.3 is 14.5 Å². The topological polar surface area (TPSA) is 70.9 Å². The number of ether oxygens (including phenoxy) is 1. The fraction of sp³-hybridized carbons (Fsp3) is 0.591. The number of benzene rings is 1. The van der Waals surface area contributed by atoms with Gasteiger partial charge in [-0.05, 0) is 32.0 Å². The number of rotatable bonds is 4. The van der Waals surface area contributed by atoms with Gasteiger partial charge in [0.2, 0.25) is 5.91 Å². The highest BCUT2D eigenvalue weighted by Crippen LogP contribution is 2.21. The van der Waals surface area contributed by atoms with E-state index in [-0.39, 0.29) is 23.6 Å². The Balaban J connectivity index is 1.38. The van der Waals surface area contributed by atoms with Gasteiger partial charge in [0.1, 0.15) is 0 Å². The third-order valence-electron chi connectivity index (χ3n) is 6.11. The molecule has 2 aliphatic rings. The maximum atomic E-state index is 12.6. The molecule has 1 aromatic heterocycles. The minimum Gasteiger partial charge on any atom is -0.373 e. The van der Waals surface area contributed by atoms with Gasteiger partial charge in [-0.2, -0.15) is 0 Å². The molecule has 2 aliphatic heterocycles. The molecule has 4 rings (SSSR count). The summed E-state index contributed by atoms with van der Waals surface area (Å²) in [5, 5.41) is 0.665. The van der Waals surface area contributed by atoms with Crippen LogP contribution in [0.1, 0.15) is 26.8 Å². The number of piperazine rings is 1. The Bertz CT molecular complexity index is 965. The summed E-state index contributed by atoms with van der Waals surface area (Å²) in [6.07, 6.45) is 1.73. The average Bonchev–Trinajstić information content (AvgIpc) is 2.74. The van der Waals surface area contributed by atoms with E-state index in [0.29, 0.717) is 25.1 Å². The van der Waals surface area contributed by atoms with E-state index in [9.17, 15) is 9.59 Å². The zero-order valence-corrected chi connectivity index (χ0v) is 18.1. The molecule has 162 valence electrons. The largest absolute Gasteiger partial charge is 0.373 e. The summed E-state index contributed by atoms with van der Waals surface area (Å²) in [7, 11) is 0. The van der Waals surface area contributed by atoms with Crippen molar-refractivity contribution in [1.29, 1.82) is 0 Å². The van der Waals surface area contributed by atoms with Gasteiger partial charge in [-0.1, -0.05) is 0 Å². The molecule has 0 bridgehead atoms. The number of nitrogens with zero attached hydrogens (tertiary/aromatic N) is 5. The van der Waals surface area contributed by atoms with Crippen LogP contribution in [0.2, 0.25) is 0 Å². The molecular weight excluding hydrogens is 382 g/mol. The standard InChI is InChI=1S/C22H31N5O3/c1-16(2)27-15-23-21-12-18(4-5-20(21)22(27)29)25-8-6-24(7-9-25)13-19-14-26(17(3)28)10-11-30-19/h4-5,12,15-16,19H,6-11,13-14H2,1-3H3. The highest BCUT2D eigenvalue weighted by Gasteiger charge is 2.26. The number of carbonyl (C=O) groups excluding carboxylic acids is 1. The normalized spacial score (nSPS) is 20.9. The van der Waals surface area contributed by atoms with E-state index in [4.69, 9.17) is 4.74 Å². The van der Waals surface area contributed by atoms with E-state index >= 15 is 0 Å². The number of amides is 1. The molecule has 30 heavy (non-hydrogen) atoms. The molecule has 0 spiro atoms. The predicted molar refractivity (Wildman–Crippen MR) is 117 cm³/mol. The van der Waals surface area contributed by atoms with Gasteiger partial charge in [0.15, 0.2) is 0 Å². The number of anilines is 1. The average molecular weight is 414 g/mol. The van der Waals surface area contributed by atoms with Crippen LogP contribution in [-0.2, 0) is 9.53 Å². The van der Waals surface area contributed by atoms with Gasteiger partial charge in [0.25, 0.3) is 5.56 Å². The van der Waals surface area contributed by atoms with Crippen molar-refractivity contribution >= 4 is 22.5 Å². The number of morpholine rings is 1. The summed E-state index contributed by atoms with van der Waals surface area (Å²) in [4.78, 5) is 35.4. The second kappa shape index (κ2) is 8.73. The molecule has 2 aromatic rings. The second-order valence-electron chi connectivity index (χ2n) is 8.50. The van der Waals surface area contributed by atoms with Crippen molar-refractivity contribution in [1.82, 2.24) is 19.4 Å². The molecule has 1 atom stereocenters. The minimum absolute atomic E-state index is 0.0125. The van der Waals surface area contributed by atoms with Crippen molar-refractivity contribution in [3.63, 3.8) is 0 Å². The zero-order valence-electron chi connectivity index (χ0n) is 18.1. The summed E-state index contributed by atoms with van der Waals surface area (Å²) >= 11 is 0. The molecule has 1 aromatic carbocycles. The van der Waals surface area contributed by atoms with Gasteiger partial charge in [-0.3, -0.25) is 19.1 Å². The third-order valence-corrected chi connectivity index (χ3v) is 6.11. The first-order chi connectivity index (χ1) is 14.4. The lowest BCUT2D eigenvalue weighted by atomic mass is 10.1. The Morgan fingerprint density at radius 3 is 2.67 bits per heavy atom. The first-order valence-corrected chi connectivity index (χ1v) is 10.8. The first-order valence-electron chi connectivity index (χ1n) is 10.8. The van der Waals surface area contributed by atoms with Gasteiger partial charge >= 0.3 is 0 Å². The van der Waals surface area contributed by atoms with E-state index in [1.165, 1.54) is 0 Å². The summed E-state index contributed by atoms with van der Waals surface area (Å²) < 4.78 is 7.54. The van der Waals surface area contributed by atoms with Crippen LogP contribution in [0.4, 0.5) is 5.69 Å². The highest BCUT2D eigenvalue weighted by molar-refractivity contribution is 5.81. The predicted octanol–water partition coefficient (Wildman–Crippen LogP) is 1.35. The lowest BCUT2D eigenvalue weighted by molar-refractivity contribution is -0.137. The number of hydrogen-bond acceptors (Lipinski definition) is 6. The van der Waals surface area contributed by atoms with Crippen molar-refractivity contribution < 1.29 is 9.53 Å². The summed E-state index contributed by atoms with van der Waals surface area (Å²) in [6, 6.07) is 6.04. The van der Waals surface area contributed by atoms with Crippen LogP contribution in [0.15, 0.2) is 29.3 Å². The number of hydrogen-bond donors (Lipinski definition) is 0. The highest BCUT2D eigenvalue weighted by atomic mass is 16.5. The van der Waals surface area contributed by atoms with Gasteiger partial charge in [0.05, 0.1) is 29.9 Å². The first kappa shape index (κ1) is 20.8. The SMILES string of the molecule is CC(=O)N1CCOC(CN2CCN(c3ccc4c(=O)n(C(C)C)cnc4c3)CC2)C1. The molecule has 8 nitrogen and oxygen atoms in total. The summed E-state index contributed by atoms with van der Waals surface area (Å²) in [5.74, 6) is 0.123. The van der Waals surface area contributed by atoms with Crippen molar-refractivity contribution in [3.8, 4) is 0 Å². The van der Waals surface area contributed by atoms with Crippen LogP contribution in [0, 0.1) is 0 Å². The second-order valence-corrected chi connectivity index (χ2v) is 8.50. The molecule has 2 saturated heterocycles. The molecule has 8 heteroatoms. The van der Waals surface area contributed by atoms with Crippen LogP contribution in [-0.4, -0.2) is 83.8 Å². The molecule has 2 fully saturated rings. The van der Waals surface area contributed by atoms with Crippen molar-refractivity contribution in [3.05, 3.63) is 34.9 Å². The Morgan fingerprint density at radius 2 is 1.97 bits per heavy atom. The third kappa shape index (κ3) is 4.34. The van der Waals surface area contributed by atoms with Crippen molar-refractivity contribution in [2.24, 2.45) is 0 Å². The number of fused-ring (bicyclic) bond motifs is 1. The van der Waals surface area contributed by atoms with Gasteiger partial charge in [0, 0.05) is 64.5 Å². The maximum Gasteiger partial charge on any atom is 0.261 e. The fourth-order valence-corrected chi connectivity index (χ4v) is 4.28. The molecule has 0 N–H and O–H groups in total. The Hall–Kier alpha value is -2.45. The van der Waals surface area contributed by atoms with Crippen LogP contribution in [0.3, 0.4) is 0 Å². The molecular formula is C22H31N5O3. The van der Waals surface area contributed by atoms with Gasteiger partial charge in [-0.15, -0.1) is 0 Å².